The Balaban J connectivity index is 1.84. The molecule has 0 aromatic heterocycles. The molecule has 0 saturated carbocycles. The van der Waals surface area contributed by atoms with Crippen molar-refractivity contribution in [1.29, 1.82) is 0 Å². The number of aliphatic carboxylic acids is 1. The number of rotatable bonds is 9. The molecule has 9 heteroatoms. The van der Waals surface area contributed by atoms with Crippen LogP contribution in [0.3, 0.4) is 0 Å². The SMILES string of the molecule is C#C[C@H](CC(=O)O)NC(=O)CNC(=O)c1cccc(NC(=O)NCc2ccccc2)c1. The molecule has 160 valence electrons. The number of nitrogens with one attached hydrogen (secondary N) is 4. The summed E-state index contributed by atoms with van der Waals surface area (Å²) >= 11 is 0. The second-order valence-electron chi connectivity index (χ2n) is 6.44. The lowest BCUT2D eigenvalue weighted by Gasteiger charge is -2.12. The highest BCUT2D eigenvalue weighted by Crippen LogP contribution is 2.10. The summed E-state index contributed by atoms with van der Waals surface area (Å²) in [5.41, 5.74) is 1.57. The number of hydrogen-bond acceptors (Lipinski definition) is 4. The van der Waals surface area contributed by atoms with E-state index < -0.39 is 36.3 Å². The zero-order valence-corrected chi connectivity index (χ0v) is 16.6. The molecule has 5 N–H and O–H groups in total. The van der Waals surface area contributed by atoms with Gasteiger partial charge in [-0.3, -0.25) is 14.4 Å². The van der Waals surface area contributed by atoms with E-state index in [1.165, 1.54) is 12.1 Å². The van der Waals surface area contributed by atoms with E-state index in [1.54, 1.807) is 12.1 Å². The normalized spacial score (nSPS) is 10.8. The lowest BCUT2D eigenvalue weighted by atomic mass is 10.2. The Hall–Kier alpha value is -4.32. The summed E-state index contributed by atoms with van der Waals surface area (Å²) in [5, 5.41) is 18.8. The fourth-order valence-corrected chi connectivity index (χ4v) is 2.53. The van der Waals surface area contributed by atoms with Crippen LogP contribution in [0.1, 0.15) is 22.3 Å². The number of carboxylic acid groups (broad SMARTS) is 1. The van der Waals surface area contributed by atoms with Gasteiger partial charge in [0.2, 0.25) is 5.91 Å². The Labute approximate surface area is 179 Å². The molecule has 0 heterocycles. The zero-order valence-electron chi connectivity index (χ0n) is 16.6. The summed E-state index contributed by atoms with van der Waals surface area (Å²) in [4.78, 5) is 46.9. The predicted molar refractivity (Wildman–Crippen MR) is 114 cm³/mol. The number of anilines is 1. The van der Waals surface area contributed by atoms with Gasteiger partial charge in [-0.25, -0.2) is 4.79 Å². The number of carboxylic acids is 1. The van der Waals surface area contributed by atoms with Crippen molar-refractivity contribution in [3.05, 3.63) is 65.7 Å². The number of benzene rings is 2. The van der Waals surface area contributed by atoms with Gasteiger partial charge in [-0.2, -0.15) is 0 Å². The van der Waals surface area contributed by atoms with Gasteiger partial charge in [-0.1, -0.05) is 42.3 Å². The van der Waals surface area contributed by atoms with Crippen molar-refractivity contribution < 1.29 is 24.3 Å². The van der Waals surface area contributed by atoms with Crippen molar-refractivity contribution in [1.82, 2.24) is 16.0 Å². The smallest absolute Gasteiger partial charge is 0.319 e. The van der Waals surface area contributed by atoms with Crippen molar-refractivity contribution >= 4 is 29.5 Å². The number of hydrogen-bond donors (Lipinski definition) is 5. The van der Waals surface area contributed by atoms with Crippen molar-refractivity contribution in [2.75, 3.05) is 11.9 Å². The molecule has 0 unspecified atom stereocenters. The molecule has 0 aliphatic carbocycles. The van der Waals surface area contributed by atoms with Crippen molar-refractivity contribution in [2.24, 2.45) is 0 Å². The van der Waals surface area contributed by atoms with Crippen molar-refractivity contribution in [2.45, 2.75) is 19.0 Å². The molecule has 4 amide bonds. The fraction of sp³-hybridized carbons (Fsp3) is 0.182. The molecular formula is C22H22N4O5. The lowest BCUT2D eigenvalue weighted by Crippen LogP contribution is -2.42. The van der Waals surface area contributed by atoms with Gasteiger partial charge in [0.05, 0.1) is 13.0 Å². The summed E-state index contributed by atoms with van der Waals surface area (Å²) in [7, 11) is 0. The van der Waals surface area contributed by atoms with E-state index in [2.05, 4.69) is 27.2 Å². The maximum Gasteiger partial charge on any atom is 0.319 e. The predicted octanol–water partition coefficient (Wildman–Crippen LogP) is 1.33. The summed E-state index contributed by atoms with van der Waals surface area (Å²) in [6, 6.07) is 14.2. The summed E-state index contributed by atoms with van der Waals surface area (Å²) in [5.74, 6) is -0.151. The first-order valence-corrected chi connectivity index (χ1v) is 9.31. The average Bonchev–Trinajstić information content (AvgIpc) is 2.76. The molecule has 2 aromatic carbocycles. The minimum absolute atomic E-state index is 0.229. The molecule has 2 aromatic rings. The maximum atomic E-state index is 12.3. The number of terminal acetylenes is 1. The zero-order chi connectivity index (χ0) is 22.6. The third-order valence-corrected chi connectivity index (χ3v) is 4.00. The second kappa shape index (κ2) is 11.6. The highest BCUT2D eigenvalue weighted by atomic mass is 16.4. The maximum absolute atomic E-state index is 12.3. The molecule has 0 radical (unpaired) electrons. The third-order valence-electron chi connectivity index (χ3n) is 4.00. The van der Waals surface area contributed by atoms with E-state index in [4.69, 9.17) is 11.5 Å². The highest BCUT2D eigenvalue weighted by molar-refractivity contribution is 5.98. The average molecular weight is 422 g/mol. The Morgan fingerprint density at radius 3 is 2.42 bits per heavy atom. The van der Waals surface area contributed by atoms with Gasteiger partial charge in [-0.05, 0) is 23.8 Å². The van der Waals surface area contributed by atoms with Crippen LogP contribution in [0.25, 0.3) is 0 Å². The number of amides is 4. The van der Waals surface area contributed by atoms with Gasteiger partial charge in [0.15, 0.2) is 0 Å². The van der Waals surface area contributed by atoms with Gasteiger partial charge in [0, 0.05) is 17.8 Å². The standard InChI is InChI=1S/C22H22N4O5/c1-2-17(12-20(28)29)25-19(27)14-23-21(30)16-9-6-10-18(11-16)26-22(31)24-13-15-7-4-3-5-8-15/h1,3-11,17H,12-14H2,(H,23,30)(H,25,27)(H,28,29)(H2,24,26,31)/t17-/m1/s1. The molecular weight excluding hydrogens is 400 g/mol. The highest BCUT2D eigenvalue weighted by Gasteiger charge is 2.15. The minimum Gasteiger partial charge on any atom is -0.481 e. The Morgan fingerprint density at radius 2 is 1.74 bits per heavy atom. The molecule has 0 spiro atoms. The molecule has 2 rings (SSSR count). The topological polar surface area (TPSA) is 137 Å². The van der Waals surface area contributed by atoms with Crippen LogP contribution < -0.4 is 21.3 Å². The fourth-order valence-electron chi connectivity index (χ4n) is 2.53. The molecule has 31 heavy (non-hydrogen) atoms. The Morgan fingerprint density at radius 1 is 1.00 bits per heavy atom. The van der Waals surface area contributed by atoms with Gasteiger partial charge in [-0.15, -0.1) is 6.42 Å². The summed E-state index contributed by atoms with van der Waals surface area (Å²) in [6.45, 7) is -0.0334. The van der Waals surface area contributed by atoms with E-state index in [9.17, 15) is 19.2 Å². The molecule has 0 aliphatic heterocycles. The number of carbonyl (C=O) groups is 4. The van der Waals surface area contributed by atoms with E-state index in [-0.39, 0.29) is 12.1 Å². The monoisotopic (exact) mass is 422 g/mol. The summed E-state index contributed by atoms with van der Waals surface area (Å²) < 4.78 is 0. The molecule has 0 saturated heterocycles. The van der Waals surface area contributed by atoms with Gasteiger partial charge in [0.25, 0.3) is 5.91 Å². The van der Waals surface area contributed by atoms with Crippen LogP contribution >= 0.6 is 0 Å². The largest absolute Gasteiger partial charge is 0.481 e. The Kier molecular flexibility index (Phi) is 8.61. The molecule has 1 atom stereocenters. The molecule has 9 nitrogen and oxygen atoms in total. The Bertz CT molecular complexity index is 985. The van der Waals surface area contributed by atoms with Crippen LogP contribution in [-0.4, -0.2) is 41.5 Å². The van der Waals surface area contributed by atoms with Crippen LogP contribution in [0, 0.1) is 12.3 Å². The first-order valence-electron chi connectivity index (χ1n) is 9.31. The first-order chi connectivity index (χ1) is 14.9. The van der Waals surface area contributed by atoms with Gasteiger partial charge in [0.1, 0.15) is 6.04 Å². The summed E-state index contributed by atoms with van der Waals surface area (Å²) in [6.07, 6.45) is 4.75. The lowest BCUT2D eigenvalue weighted by molar-refractivity contribution is -0.137. The second-order valence-corrected chi connectivity index (χ2v) is 6.44. The quantitative estimate of drug-likeness (QED) is 0.388. The van der Waals surface area contributed by atoms with Crippen LogP contribution in [0.15, 0.2) is 54.6 Å². The van der Waals surface area contributed by atoms with E-state index in [0.29, 0.717) is 12.2 Å². The van der Waals surface area contributed by atoms with Gasteiger partial charge < -0.3 is 26.4 Å². The van der Waals surface area contributed by atoms with E-state index in [1.807, 2.05) is 30.3 Å². The van der Waals surface area contributed by atoms with Gasteiger partial charge >= 0.3 is 12.0 Å². The van der Waals surface area contributed by atoms with Crippen LogP contribution in [0.2, 0.25) is 0 Å². The minimum atomic E-state index is -1.15. The molecule has 0 bridgehead atoms. The molecule has 0 fully saturated rings. The van der Waals surface area contributed by atoms with Crippen LogP contribution in [0.5, 0.6) is 0 Å². The third kappa shape index (κ3) is 8.29. The number of urea groups is 1. The first kappa shape index (κ1) is 23.0. The van der Waals surface area contributed by atoms with E-state index in [0.717, 1.165) is 5.56 Å². The van der Waals surface area contributed by atoms with E-state index >= 15 is 0 Å². The van der Waals surface area contributed by atoms with Crippen molar-refractivity contribution in [3.8, 4) is 12.3 Å². The van der Waals surface area contributed by atoms with Crippen LogP contribution in [-0.2, 0) is 16.1 Å². The molecule has 0 aliphatic rings. The van der Waals surface area contributed by atoms with Crippen LogP contribution in [0.4, 0.5) is 10.5 Å². The van der Waals surface area contributed by atoms with Crippen molar-refractivity contribution in [3.63, 3.8) is 0 Å². The number of carbonyl (C=O) groups excluding carboxylic acids is 3.